The number of halogens is 1. The van der Waals surface area contributed by atoms with E-state index in [-0.39, 0.29) is 12.5 Å². The SMILES string of the molecule is CC(COc1ccc(-c2ccc(Cl)nn2)cc1)COS(C)(=O)=O. The molecule has 0 saturated heterocycles. The van der Waals surface area contributed by atoms with E-state index in [4.69, 9.17) is 20.5 Å². The van der Waals surface area contributed by atoms with Crippen molar-refractivity contribution in [1.82, 2.24) is 10.2 Å². The van der Waals surface area contributed by atoms with Crippen molar-refractivity contribution in [2.24, 2.45) is 5.92 Å². The molecule has 0 amide bonds. The third kappa shape index (κ3) is 6.13. The van der Waals surface area contributed by atoms with Crippen molar-refractivity contribution in [2.75, 3.05) is 19.5 Å². The van der Waals surface area contributed by atoms with Crippen LogP contribution in [0.4, 0.5) is 0 Å². The van der Waals surface area contributed by atoms with Crippen LogP contribution < -0.4 is 4.74 Å². The summed E-state index contributed by atoms with van der Waals surface area (Å²) in [5, 5.41) is 8.15. The van der Waals surface area contributed by atoms with Crippen LogP contribution in [0, 0.1) is 5.92 Å². The topological polar surface area (TPSA) is 78.4 Å². The normalized spacial score (nSPS) is 12.8. The van der Waals surface area contributed by atoms with Crippen LogP contribution in [0.25, 0.3) is 11.3 Å². The fourth-order valence-corrected chi connectivity index (χ4v) is 2.30. The zero-order chi connectivity index (χ0) is 16.9. The van der Waals surface area contributed by atoms with E-state index in [1.807, 2.05) is 31.2 Å². The van der Waals surface area contributed by atoms with Gasteiger partial charge in [-0.15, -0.1) is 10.2 Å². The van der Waals surface area contributed by atoms with Gasteiger partial charge in [0.15, 0.2) is 5.15 Å². The maximum absolute atomic E-state index is 10.9. The van der Waals surface area contributed by atoms with E-state index < -0.39 is 10.1 Å². The van der Waals surface area contributed by atoms with Gasteiger partial charge in [0.25, 0.3) is 10.1 Å². The summed E-state index contributed by atoms with van der Waals surface area (Å²) < 4.78 is 32.2. The summed E-state index contributed by atoms with van der Waals surface area (Å²) in [4.78, 5) is 0. The van der Waals surface area contributed by atoms with Crippen LogP contribution in [-0.2, 0) is 14.3 Å². The molecule has 0 aliphatic carbocycles. The molecule has 0 saturated carbocycles. The molecule has 0 spiro atoms. The smallest absolute Gasteiger partial charge is 0.264 e. The van der Waals surface area contributed by atoms with E-state index in [1.54, 1.807) is 12.1 Å². The molecule has 8 heteroatoms. The minimum Gasteiger partial charge on any atom is -0.493 e. The summed E-state index contributed by atoms with van der Waals surface area (Å²) in [6.45, 7) is 2.30. The van der Waals surface area contributed by atoms with Gasteiger partial charge in [0.2, 0.25) is 0 Å². The molecule has 0 radical (unpaired) electrons. The molecule has 0 bridgehead atoms. The second-order valence-corrected chi connectivity index (χ2v) is 7.20. The molecule has 0 aliphatic rings. The Bertz CT molecular complexity index is 733. The molecule has 1 heterocycles. The molecule has 23 heavy (non-hydrogen) atoms. The molecule has 124 valence electrons. The largest absolute Gasteiger partial charge is 0.493 e. The van der Waals surface area contributed by atoms with Crippen molar-refractivity contribution in [3.8, 4) is 17.0 Å². The first kappa shape index (κ1) is 17.7. The third-order valence-electron chi connectivity index (χ3n) is 2.88. The highest BCUT2D eigenvalue weighted by atomic mass is 35.5. The van der Waals surface area contributed by atoms with E-state index in [2.05, 4.69) is 10.2 Å². The second kappa shape index (κ2) is 7.72. The summed E-state index contributed by atoms with van der Waals surface area (Å²) in [7, 11) is -3.42. The quantitative estimate of drug-likeness (QED) is 0.710. The van der Waals surface area contributed by atoms with Crippen molar-refractivity contribution in [3.05, 3.63) is 41.6 Å². The Morgan fingerprint density at radius 3 is 2.35 bits per heavy atom. The summed E-state index contributed by atoms with van der Waals surface area (Å²) in [6, 6.07) is 10.8. The number of ether oxygens (including phenoxy) is 1. The zero-order valence-electron chi connectivity index (χ0n) is 12.8. The Hall–Kier alpha value is -1.70. The molecular weight excluding hydrogens is 340 g/mol. The Morgan fingerprint density at radius 2 is 1.78 bits per heavy atom. The molecule has 0 fully saturated rings. The lowest BCUT2D eigenvalue weighted by atomic mass is 10.1. The van der Waals surface area contributed by atoms with Crippen molar-refractivity contribution in [1.29, 1.82) is 0 Å². The van der Waals surface area contributed by atoms with Crippen LogP contribution in [-0.4, -0.2) is 38.1 Å². The van der Waals surface area contributed by atoms with E-state index in [9.17, 15) is 8.42 Å². The lowest BCUT2D eigenvalue weighted by Gasteiger charge is -2.12. The Kier molecular flexibility index (Phi) is 5.92. The minimum atomic E-state index is -3.42. The molecule has 1 atom stereocenters. The van der Waals surface area contributed by atoms with Crippen LogP contribution in [0.3, 0.4) is 0 Å². The Morgan fingerprint density at radius 1 is 1.09 bits per heavy atom. The molecule has 2 aromatic rings. The highest BCUT2D eigenvalue weighted by molar-refractivity contribution is 7.85. The van der Waals surface area contributed by atoms with Gasteiger partial charge in [-0.05, 0) is 36.4 Å². The van der Waals surface area contributed by atoms with Gasteiger partial charge in [0.1, 0.15) is 5.75 Å². The van der Waals surface area contributed by atoms with Crippen LogP contribution in [0.1, 0.15) is 6.92 Å². The standard InChI is InChI=1S/C15H17ClN2O4S/c1-11(10-22-23(2,19)20)9-21-13-5-3-12(4-6-13)14-7-8-15(16)18-17-14/h3-8,11H,9-10H2,1-2H3. The Labute approximate surface area is 140 Å². The monoisotopic (exact) mass is 356 g/mol. The van der Waals surface area contributed by atoms with Crippen molar-refractivity contribution in [2.45, 2.75) is 6.92 Å². The maximum Gasteiger partial charge on any atom is 0.264 e. The average molecular weight is 357 g/mol. The van der Waals surface area contributed by atoms with E-state index >= 15 is 0 Å². The average Bonchev–Trinajstić information content (AvgIpc) is 2.51. The van der Waals surface area contributed by atoms with Crippen LogP contribution in [0.5, 0.6) is 5.75 Å². The van der Waals surface area contributed by atoms with Gasteiger partial charge in [-0.3, -0.25) is 4.18 Å². The van der Waals surface area contributed by atoms with Crippen molar-refractivity contribution in [3.63, 3.8) is 0 Å². The first-order valence-electron chi connectivity index (χ1n) is 6.90. The first-order chi connectivity index (χ1) is 10.8. The molecule has 0 N–H and O–H groups in total. The number of benzene rings is 1. The van der Waals surface area contributed by atoms with Gasteiger partial charge in [-0.25, -0.2) is 0 Å². The van der Waals surface area contributed by atoms with E-state index in [0.29, 0.717) is 17.5 Å². The summed E-state index contributed by atoms with van der Waals surface area (Å²) in [5.74, 6) is 0.633. The number of hydrogen-bond donors (Lipinski definition) is 0. The molecular formula is C15H17ClN2O4S. The minimum absolute atomic E-state index is 0.0495. The number of aromatic nitrogens is 2. The van der Waals surface area contributed by atoms with Gasteiger partial charge < -0.3 is 4.74 Å². The molecule has 1 unspecified atom stereocenters. The fourth-order valence-electron chi connectivity index (χ4n) is 1.72. The summed E-state index contributed by atoms with van der Waals surface area (Å²) >= 11 is 5.71. The third-order valence-corrected chi connectivity index (χ3v) is 3.65. The second-order valence-electron chi connectivity index (χ2n) is 5.17. The number of nitrogens with zero attached hydrogens (tertiary/aromatic N) is 2. The highest BCUT2D eigenvalue weighted by Crippen LogP contribution is 2.21. The van der Waals surface area contributed by atoms with Crippen LogP contribution in [0.15, 0.2) is 36.4 Å². The lowest BCUT2D eigenvalue weighted by Crippen LogP contribution is -2.17. The van der Waals surface area contributed by atoms with Gasteiger partial charge in [0, 0.05) is 11.5 Å². The maximum atomic E-state index is 10.9. The van der Waals surface area contributed by atoms with Gasteiger partial charge in [-0.2, -0.15) is 8.42 Å². The summed E-state index contributed by atoms with van der Waals surface area (Å²) in [6.07, 6.45) is 1.03. The highest BCUT2D eigenvalue weighted by Gasteiger charge is 2.09. The summed E-state index contributed by atoms with van der Waals surface area (Å²) in [5.41, 5.74) is 1.62. The number of rotatable bonds is 7. The zero-order valence-corrected chi connectivity index (χ0v) is 14.3. The van der Waals surface area contributed by atoms with Gasteiger partial charge in [0.05, 0.1) is 25.2 Å². The predicted octanol–water partition coefficient (Wildman–Crippen LogP) is 2.79. The molecule has 2 rings (SSSR count). The first-order valence-corrected chi connectivity index (χ1v) is 9.10. The fraction of sp³-hybridized carbons (Fsp3) is 0.333. The van der Waals surface area contributed by atoms with Crippen molar-refractivity contribution >= 4 is 21.7 Å². The molecule has 1 aromatic heterocycles. The molecule has 1 aromatic carbocycles. The van der Waals surface area contributed by atoms with E-state index in [1.165, 1.54) is 0 Å². The van der Waals surface area contributed by atoms with Crippen LogP contribution in [0.2, 0.25) is 5.15 Å². The van der Waals surface area contributed by atoms with E-state index in [0.717, 1.165) is 17.5 Å². The van der Waals surface area contributed by atoms with Gasteiger partial charge >= 0.3 is 0 Å². The lowest BCUT2D eigenvalue weighted by molar-refractivity contribution is 0.193. The predicted molar refractivity (Wildman–Crippen MR) is 87.9 cm³/mol. The van der Waals surface area contributed by atoms with Crippen LogP contribution >= 0.6 is 11.6 Å². The van der Waals surface area contributed by atoms with Gasteiger partial charge in [-0.1, -0.05) is 18.5 Å². The Balaban J connectivity index is 1.89. The van der Waals surface area contributed by atoms with Crippen molar-refractivity contribution < 1.29 is 17.3 Å². The molecule has 6 nitrogen and oxygen atoms in total. The number of hydrogen-bond acceptors (Lipinski definition) is 6. The molecule has 0 aliphatic heterocycles.